The fourth-order valence-electron chi connectivity index (χ4n) is 3.82. The van der Waals surface area contributed by atoms with Crippen LogP contribution in [0.1, 0.15) is 19.3 Å². The number of carbonyl (C=O) groups excluding carboxylic acids is 2. The summed E-state index contributed by atoms with van der Waals surface area (Å²) < 4.78 is 33.1. The third kappa shape index (κ3) is 5.15. The van der Waals surface area contributed by atoms with Crippen LogP contribution in [0.25, 0.3) is 10.8 Å². The molecule has 0 spiro atoms. The maximum Gasteiger partial charge on any atom is 0.240 e. The van der Waals surface area contributed by atoms with Crippen molar-refractivity contribution >= 4 is 44.0 Å². The Hall–Kier alpha value is -3.43. The van der Waals surface area contributed by atoms with E-state index in [1.54, 1.807) is 41.3 Å². The predicted octanol–water partition coefficient (Wildman–Crippen LogP) is 3.28. The number of fused-ring (bicyclic) bond motifs is 1. The third-order valence-corrected chi connectivity index (χ3v) is 6.96. The van der Waals surface area contributed by atoms with Gasteiger partial charge < -0.3 is 15.0 Å². The van der Waals surface area contributed by atoms with Crippen LogP contribution in [0.4, 0.5) is 11.4 Å². The third-order valence-electron chi connectivity index (χ3n) is 5.50. The van der Waals surface area contributed by atoms with Crippen molar-refractivity contribution in [2.45, 2.75) is 24.2 Å². The molecule has 4 rings (SSSR count). The molecule has 3 aromatic rings. The average Bonchev–Trinajstić information content (AvgIpc) is 3.24. The number of carbonyl (C=O) groups is 2. The van der Waals surface area contributed by atoms with Crippen molar-refractivity contribution in [3.8, 4) is 5.75 Å². The summed E-state index contributed by atoms with van der Waals surface area (Å²) in [6, 6.07) is 17.5. The second-order valence-electron chi connectivity index (χ2n) is 7.74. The van der Waals surface area contributed by atoms with E-state index in [1.165, 1.54) is 7.11 Å². The normalized spacial score (nSPS) is 14.0. The first-order chi connectivity index (χ1) is 15.9. The zero-order valence-electron chi connectivity index (χ0n) is 18.2. The Morgan fingerprint density at radius 3 is 2.58 bits per heavy atom. The standard InChI is InChI=1S/C24H25N3O5S/c1-32-22-16-19(9-11-21(22)27-14-4-7-24(27)29)26-23(28)12-13-25-33(30,31)20-10-8-17-5-2-3-6-18(17)15-20/h2-3,5-6,8-11,15-16,25H,4,7,12-14H2,1H3,(H,26,28). The Morgan fingerprint density at radius 1 is 1.06 bits per heavy atom. The number of anilines is 2. The van der Waals surface area contributed by atoms with Crippen molar-refractivity contribution in [1.82, 2.24) is 4.72 Å². The Morgan fingerprint density at radius 2 is 1.85 bits per heavy atom. The Balaban J connectivity index is 1.35. The summed E-state index contributed by atoms with van der Waals surface area (Å²) in [5.41, 5.74) is 1.17. The molecule has 33 heavy (non-hydrogen) atoms. The van der Waals surface area contributed by atoms with Crippen molar-refractivity contribution in [1.29, 1.82) is 0 Å². The van der Waals surface area contributed by atoms with Crippen molar-refractivity contribution in [2.75, 3.05) is 30.4 Å². The van der Waals surface area contributed by atoms with Crippen LogP contribution in [0.5, 0.6) is 5.75 Å². The predicted molar refractivity (Wildman–Crippen MR) is 127 cm³/mol. The Bertz CT molecular complexity index is 1310. The van der Waals surface area contributed by atoms with E-state index in [-0.39, 0.29) is 29.7 Å². The molecule has 3 aromatic carbocycles. The molecule has 8 nitrogen and oxygen atoms in total. The van der Waals surface area contributed by atoms with Crippen molar-refractivity contribution in [3.05, 3.63) is 60.7 Å². The summed E-state index contributed by atoms with van der Waals surface area (Å²) in [5.74, 6) is 0.187. The molecule has 1 aliphatic heterocycles. The van der Waals surface area contributed by atoms with Gasteiger partial charge in [0.25, 0.3) is 0 Å². The van der Waals surface area contributed by atoms with Crippen LogP contribution in [0.15, 0.2) is 65.6 Å². The smallest absolute Gasteiger partial charge is 0.240 e. The molecule has 9 heteroatoms. The molecule has 2 amide bonds. The molecule has 2 N–H and O–H groups in total. The number of ether oxygens (including phenoxy) is 1. The minimum absolute atomic E-state index is 0.0402. The van der Waals surface area contributed by atoms with Gasteiger partial charge in [-0.1, -0.05) is 30.3 Å². The number of nitrogens with zero attached hydrogens (tertiary/aromatic N) is 1. The van der Waals surface area contributed by atoms with E-state index < -0.39 is 10.0 Å². The van der Waals surface area contributed by atoms with Gasteiger partial charge >= 0.3 is 0 Å². The fourth-order valence-corrected chi connectivity index (χ4v) is 4.89. The van der Waals surface area contributed by atoms with Crippen LogP contribution in [-0.2, 0) is 19.6 Å². The first-order valence-corrected chi connectivity index (χ1v) is 12.1. The Kier molecular flexibility index (Phi) is 6.62. The molecule has 0 atom stereocenters. The second kappa shape index (κ2) is 9.60. The number of methoxy groups -OCH3 is 1. The summed E-state index contributed by atoms with van der Waals surface area (Å²) in [5, 5.41) is 4.51. The van der Waals surface area contributed by atoms with Gasteiger partial charge in [0.05, 0.1) is 17.7 Å². The minimum Gasteiger partial charge on any atom is -0.494 e. The van der Waals surface area contributed by atoms with E-state index in [2.05, 4.69) is 10.0 Å². The van der Waals surface area contributed by atoms with E-state index in [9.17, 15) is 18.0 Å². The highest BCUT2D eigenvalue weighted by Crippen LogP contribution is 2.33. The highest BCUT2D eigenvalue weighted by molar-refractivity contribution is 7.89. The molecular formula is C24H25N3O5S. The molecule has 0 aromatic heterocycles. The second-order valence-corrected chi connectivity index (χ2v) is 9.51. The topological polar surface area (TPSA) is 105 Å². The van der Waals surface area contributed by atoms with Gasteiger partial charge in [0.1, 0.15) is 5.75 Å². The van der Waals surface area contributed by atoms with Crippen LogP contribution < -0.4 is 19.7 Å². The molecule has 1 heterocycles. The van der Waals surface area contributed by atoms with Crippen LogP contribution in [0.2, 0.25) is 0 Å². The molecule has 1 fully saturated rings. The van der Waals surface area contributed by atoms with Crippen LogP contribution in [-0.4, -0.2) is 40.4 Å². The van der Waals surface area contributed by atoms with Crippen molar-refractivity contribution in [3.63, 3.8) is 0 Å². The first kappa shape index (κ1) is 22.8. The molecular weight excluding hydrogens is 442 g/mol. The minimum atomic E-state index is -3.74. The van der Waals surface area contributed by atoms with Gasteiger partial charge in [0, 0.05) is 37.7 Å². The van der Waals surface area contributed by atoms with E-state index >= 15 is 0 Å². The summed E-state index contributed by atoms with van der Waals surface area (Å²) in [6.07, 6.45) is 1.27. The zero-order chi connectivity index (χ0) is 23.4. The number of sulfonamides is 1. The van der Waals surface area contributed by atoms with Crippen molar-refractivity contribution < 1.29 is 22.7 Å². The number of hydrogen-bond donors (Lipinski definition) is 2. The maximum atomic E-state index is 12.6. The average molecular weight is 468 g/mol. The molecule has 1 aliphatic rings. The van der Waals surface area contributed by atoms with Crippen LogP contribution in [0, 0.1) is 0 Å². The SMILES string of the molecule is COc1cc(NC(=O)CCNS(=O)(=O)c2ccc3ccccc3c2)ccc1N1CCCC1=O. The summed E-state index contributed by atoms with van der Waals surface area (Å²) in [7, 11) is -2.23. The zero-order valence-corrected chi connectivity index (χ0v) is 19.0. The number of hydrogen-bond acceptors (Lipinski definition) is 5. The molecule has 1 saturated heterocycles. The molecule has 172 valence electrons. The molecule has 0 bridgehead atoms. The Labute approximate surface area is 192 Å². The molecule has 0 radical (unpaired) electrons. The molecule has 0 aliphatic carbocycles. The quantitative estimate of drug-likeness (QED) is 0.529. The van der Waals surface area contributed by atoms with Crippen LogP contribution in [0.3, 0.4) is 0 Å². The lowest BCUT2D eigenvalue weighted by molar-refractivity contribution is -0.117. The molecule has 0 unspecified atom stereocenters. The fraction of sp³-hybridized carbons (Fsp3) is 0.250. The van der Waals surface area contributed by atoms with Crippen LogP contribution >= 0.6 is 0 Å². The lowest BCUT2D eigenvalue weighted by Gasteiger charge is -2.19. The summed E-state index contributed by atoms with van der Waals surface area (Å²) in [4.78, 5) is 26.2. The summed E-state index contributed by atoms with van der Waals surface area (Å²) in [6.45, 7) is 0.594. The highest BCUT2D eigenvalue weighted by atomic mass is 32.2. The molecule has 0 saturated carbocycles. The van der Waals surface area contributed by atoms with Gasteiger partial charge in [0.2, 0.25) is 21.8 Å². The number of nitrogens with one attached hydrogen (secondary N) is 2. The van der Waals surface area contributed by atoms with E-state index in [4.69, 9.17) is 4.74 Å². The van der Waals surface area contributed by atoms with Gasteiger partial charge in [0.15, 0.2) is 0 Å². The van der Waals surface area contributed by atoms with Gasteiger partial charge in [-0.15, -0.1) is 0 Å². The van der Waals surface area contributed by atoms with Gasteiger partial charge in [-0.2, -0.15) is 0 Å². The largest absolute Gasteiger partial charge is 0.494 e. The van der Waals surface area contributed by atoms with E-state index in [1.807, 2.05) is 24.3 Å². The van der Waals surface area contributed by atoms with Gasteiger partial charge in [-0.25, -0.2) is 13.1 Å². The lowest BCUT2D eigenvalue weighted by atomic mass is 10.1. The highest BCUT2D eigenvalue weighted by Gasteiger charge is 2.24. The van der Waals surface area contributed by atoms with E-state index in [0.717, 1.165) is 17.2 Å². The number of benzene rings is 3. The number of rotatable bonds is 8. The first-order valence-electron chi connectivity index (χ1n) is 10.6. The monoisotopic (exact) mass is 467 g/mol. The maximum absolute atomic E-state index is 12.6. The lowest BCUT2D eigenvalue weighted by Crippen LogP contribution is -2.28. The summed E-state index contributed by atoms with van der Waals surface area (Å²) >= 11 is 0. The number of amides is 2. The van der Waals surface area contributed by atoms with Gasteiger partial charge in [-0.05, 0) is 41.5 Å². The van der Waals surface area contributed by atoms with E-state index in [0.29, 0.717) is 30.1 Å². The van der Waals surface area contributed by atoms with Gasteiger partial charge in [-0.3, -0.25) is 9.59 Å². The van der Waals surface area contributed by atoms with Crippen molar-refractivity contribution in [2.24, 2.45) is 0 Å².